The molecular weight excluding hydrogens is 581 g/mol. The summed E-state index contributed by atoms with van der Waals surface area (Å²) in [4.78, 5) is 28.0. The first-order valence-corrected chi connectivity index (χ1v) is 14.8. The molecule has 1 saturated heterocycles. The maximum atomic E-state index is 14.4. The van der Waals surface area contributed by atoms with Gasteiger partial charge in [0.2, 0.25) is 5.13 Å². The fourth-order valence-electron chi connectivity index (χ4n) is 4.83. The zero-order valence-corrected chi connectivity index (χ0v) is 23.9. The lowest BCUT2D eigenvalue weighted by molar-refractivity contribution is -0.132. The highest BCUT2D eigenvalue weighted by Gasteiger charge is 2.48. The Morgan fingerprint density at radius 1 is 1.02 bits per heavy atom. The minimum Gasteiger partial charge on any atom is -0.507 e. The van der Waals surface area contributed by atoms with Crippen LogP contribution in [0.3, 0.4) is 0 Å². The van der Waals surface area contributed by atoms with Gasteiger partial charge in [0.1, 0.15) is 11.6 Å². The number of aryl methyl sites for hydroxylation is 1. The fraction of sp³-hybridized carbons (Fsp3) is 0.0968. The van der Waals surface area contributed by atoms with E-state index in [1.54, 1.807) is 31.2 Å². The minimum absolute atomic E-state index is 0.0849. The third kappa shape index (κ3) is 5.12. The van der Waals surface area contributed by atoms with Crippen molar-refractivity contribution in [3.8, 4) is 0 Å². The van der Waals surface area contributed by atoms with Crippen LogP contribution < -0.4 is 4.90 Å². The molecule has 1 amide bonds. The number of Topliss-reactive ketones (excluding diaryl/α,β-unsaturated/α-hetero) is 1. The lowest BCUT2D eigenvalue weighted by atomic mass is 9.95. The van der Waals surface area contributed by atoms with E-state index in [-0.39, 0.29) is 16.3 Å². The Hall–Kier alpha value is -4.05. The lowest BCUT2D eigenvalue weighted by Crippen LogP contribution is -2.29. The van der Waals surface area contributed by atoms with Gasteiger partial charge in [-0.25, -0.2) is 4.39 Å². The van der Waals surface area contributed by atoms with Gasteiger partial charge in [-0.15, -0.1) is 10.2 Å². The van der Waals surface area contributed by atoms with Crippen LogP contribution in [0.4, 0.5) is 9.52 Å². The van der Waals surface area contributed by atoms with Crippen LogP contribution in [0.25, 0.3) is 16.5 Å². The number of carbonyl (C=O) groups is 2. The standard InChI is InChI=1S/C31H21ClFN3O3S2/c1-17-12-13-20(15-24(17)33)27(37)25-26(19-8-5-10-22(32)14-19)36(29(39)28(25)38)30-34-35-31(41-30)40-16-21-9-4-7-18-6-2-3-11-23(18)21/h2-15,26,37H,16H2,1H3/b27-25-. The molecule has 1 unspecified atom stereocenters. The first kappa shape index (κ1) is 27.1. The minimum atomic E-state index is -1.04. The molecule has 1 aliphatic heterocycles. The molecule has 2 heterocycles. The number of rotatable bonds is 6. The number of aliphatic hydroxyl groups excluding tert-OH is 1. The predicted octanol–water partition coefficient (Wildman–Crippen LogP) is 7.71. The number of aliphatic hydroxyl groups is 1. The van der Waals surface area contributed by atoms with E-state index in [1.807, 2.05) is 18.2 Å². The summed E-state index contributed by atoms with van der Waals surface area (Å²) >= 11 is 8.92. The van der Waals surface area contributed by atoms with Gasteiger partial charge in [-0.3, -0.25) is 14.5 Å². The number of carbonyl (C=O) groups excluding carboxylic acids is 2. The molecule has 0 bridgehead atoms. The molecule has 1 aromatic heterocycles. The molecule has 1 N–H and O–H groups in total. The van der Waals surface area contributed by atoms with Crippen LogP contribution in [0.1, 0.15) is 28.3 Å². The summed E-state index contributed by atoms with van der Waals surface area (Å²) in [5.74, 6) is -2.17. The number of fused-ring (bicyclic) bond motifs is 1. The summed E-state index contributed by atoms with van der Waals surface area (Å²) in [6.07, 6.45) is 0. The van der Waals surface area contributed by atoms with Crippen molar-refractivity contribution in [3.05, 3.63) is 124 Å². The van der Waals surface area contributed by atoms with Crippen LogP contribution >= 0.6 is 34.7 Å². The van der Waals surface area contributed by atoms with E-state index in [0.717, 1.165) is 22.4 Å². The predicted molar refractivity (Wildman–Crippen MR) is 161 cm³/mol. The Kier molecular flexibility index (Phi) is 7.33. The van der Waals surface area contributed by atoms with Crippen LogP contribution in [0.2, 0.25) is 5.02 Å². The van der Waals surface area contributed by atoms with Crippen LogP contribution in [-0.4, -0.2) is 27.0 Å². The maximum Gasteiger partial charge on any atom is 0.301 e. The maximum absolute atomic E-state index is 14.4. The third-order valence-electron chi connectivity index (χ3n) is 6.89. The van der Waals surface area contributed by atoms with E-state index in [9.17, 15) is 19.1 Å². The number of halogens is 2. The highest BCUT2D eigenvalue weighted by molar-refractivity contribution is 8.00. The Morgan fingerprint density at radius 3 is 2.61 bits per heavy atom. The number of ketones is 1. The van der Waals surface area contributed by atoms with Crippen molar-refractivity contribution in [1.29, 1.82) is 0 Å². The second-order valence-electron chi connectivity index (χ2n) is 9.47. The first-order valence-electron chi connectivity index (χ1n) is 12.6. The van der Waals surface area contributed by atoms with Crippen LogP contribution in [0.5, 0.6) is 0 Å². The van der Waals surface area contributed by atoms with Gasteiger partial charge in [0, 0.05) is 16.3 Å². The molecule has 0 saturated carbocycles. The zero-order chi connectivity index (χ0) is 28.7. The summed E-state index contributed by atoms with van der Waals surface area (Å²) in [6.45, 7) is 1.59. The number of hydrogen-bond donors (Lipinski definition) is 1. The Morgan fingerprint density at radius 2 is 1.80 bits per heavy atom. The molecule has 204 valence electrons. The summed E-state index contributed by atoms with van der Waals surface area (Å²) < 4.78 is 15.0. The van der Waals surface area contributed by atoms with E-state index >= 15 is 0 Å². The van der Waals surface area contributed by atoms with Gasteiger partial charge in [-0.05, 0) is 52.6 Å². The molecule has 5 aromatic rings. The van der Waals surface area contributed by atoms with E-state index in [4.69, 9.17) is 11.6 Å². The van der Waals surface area contributed by atoms with E-state index in [0.29, 0.717) is 26.2 Å². The summed E-state index contributed by atoms with van der Waals surface area (Å²) in [6, 6.07) is 24.0. The normalized spacial score (nSPS) is 16.6. The van der Waals surface area contributed by atoms with E-state index in [2.05, 4.69) is 34.5 Å². The summed E-state index contributed by atoms with van der Waals surface area (Å²) in [5.41, 5.74) is 1.92. The summed E-state index contributed by atoms with van der Waals surface area (Å²) in [7, 11) is 0. The molecule has 0 aliphatic carbocycles. The summed E-state index contributed by atoms with van der Waals surface area (Å²) in [5, 5.41) is 22.6. The van der Waals surface area contributed by atoms with Gasteiger partial charge in [0.05, 0.1) is 11.6 Å². The molecule has 1 aliphatic rings. The molecule has 0 radical (unpaired) electrons. The van der Waals surface area contributed by atoms with Crippen LogP contribution in [0.15, 0.2) is 94.8 Å². The van der Waals surface area contributed by atoms with Crippen molar-refractivity contribution >= 4 is 68.1 Å². The van der Waals surface area contributed by atoms with Gasteiger partial charge in [-0.1, -0.05) is 101 Å². The largest absolute Gasteiger partial charge is 0.507 e. The lowest BCUT2D eigenvalue weighted by Gasteiger charge is -2.22. The number of aromatic nitrogens is 2. The molecular formula is C31H21ClFN3O3S2. The van der Waals surface area contributed by atoms with Crippen molar-refractivity contribution in [1.82, 2.24) is 10.2 Å². The van der Waals surface area contributed by atoms with Gasteiger partial charge in [0.25, 0.3) is 5.78 Å². The molecule has 6 nitrogen and oxygen atoms in total. The van der Waals surface area contributed by atoms with E-state index in [1.165, 1.54) is 40.1 Å². The topological polar surface area (TPSA) is 83.4 Å². The first-order chi connectivity index (χ1) is 19.8. The van der Waals surface area contributed by atoms with Crippen molar-refractivity contribution in [2.45, 2.75) is 23.1 Å². The molecule has 1 fully saturated rings. The SMILES string of the molecule is Cc1ccc(/C(O)=C2/C(=O)C(=O)N(c3nnc(SCc4cccc5ccccc45)s3)C2c2cccc(Cl)c2)cc1F. The fourth-order valence-corrected chi connectivity index (χ4v) is 6.90. The zero-order valence-electron chi connectivity index (χ0n) is 21.5. The van der Waals surface area contributed by atoms with Crippen molar-refractivity contribution < 1.29 is 19.1 Å². The highest BCUT2D eigenvalue weighted by Crippen LogP contribution is 2.44. The van der Waals surface area contributed by atoms with E-state index < -0.39 is 29.3 Å². The smallest absolute Gasteiger partial charge is 0.301 e. The van der Waals surface area contributed by atoms with Gasteiger partial charge in [0.15, 0.2) is 4.34 Å². The Bertz CT molecular complexity index is 1870. The molecule has 10 heteroatoms. The number of hydrogen-bond acceptors (Lipinski definition) is 7. The molecule has 41 heavy (non-hydrogen) atoms. The van der Waals surface area contributed by atoms with Crippen molar-refractivity contribution in [3.63, 3.8) is 0 Å². The number of nitrogens with zero attached hydrogens (tertiary/aromatic N) is 3. The second kappa shape index (κ2) is 11.1. The Balaban J connectivity index is 1.38. The molecule has 6 rings (SSSR count). The molecule has 4 aromatic carbocycles. The van der Waals surface area contributed by atoms with Crippen LogP contribution in [0, 0.1) is 12.7 Å². The quantitative estimate of drug-likeness (QED) is 0.0705. The average molecular weight is 602 g/mol. The third-order valence-corrected chi connectivity index (χ3v) is 9.23. The monoisotopic (exact) mass is 601 g/mol. The molecule has 1 atom stereocenters. The average Bonchev–Trinajstić information content (AvgIpc) is 3.54. The number of amides is 1. The number of thioether (sulfide) groups is 1. The van der Waals surface area contributed by atoms with Crippen molar-refractivity contribution in [2.24, 2.45) is 0 Å². The van der Waals surface area contributed by atoms with Crippen molar-refractivity contribution in [2.75, 3.05) is 4.90 Å². The van der Waals surface area contributed by atoms with Crippen LogP contribution in [-0.2, 0) is 15.3 Å². The Labute approximate surface area is 248 Å². The van der Waals surface area contributed by atoms with Gasteiger partial charge < -0.3 is 5.11 Å². The number of anilines is 1. The highest BCUT2D eigenvalue weighted by atomic mass is 35.5. The number of benzene rings is 4. The van der Waals surface area contributed by atoms with Gasteiger partial charge >= 0.3 is 5.91 Å². The molecule has 0 spiro atoms. The van der Waals surface area contributed by atoms with Gasteiger partial charge in [-0.2, -0.15) is 0 Å². The second-order valence-corrected chi connectivity index (χ2v) is 12.1.